The predicted molar refractivity (Wildman–Crippen MR) is 137 cm³/mol. The molecule has 0 aliphatic carbocycles. The number of hydrogen-bond donors (Lipinski definition) is 3. The largest absolute Gasteiger partial charge is 0.369 e. The molecule has 170 valence electrons. The van der Waals surface area contributed by atoms with Crippen LogP contribution in [-0.2, 0) is 16.6 Å². The van der Waals surface area contributed by atoms with E-state index in [9.17, 15) is 4.79 Å². The number of benzene rings is 1. The summed E-state index contributed by atoms with van der Waals surface area (Å²) in [4.78, 5) is 18.1. The van der Waals surface area contributed by atoms with E-state index < -0.39 is 0 Å². The molecule has 1 atom stereocenters. The number of aryl methyl sites for hydroxylation is 1. The van der Waals surface area contributed by atoms with Crippen molar-refractivity contribution < 1.29 is 4.79 Å². The molecule has 1 unspecified atom stereocenters. The van der Waals surface area contributed by atoms with Crippen LogP contribution < -0.4 is 16.4 Å². The Labute approximate surface area is 199 Å². The van der Waals surface area contributed by atoms with Crippen molar-refractivity contribution in [1.29, 1.82) is 0 Å². The Kier molecular flexibility index (Phi) is 11.7. The smallest absolute Gasteiger partial charge is 0.221 e. The molecule has 1 aliphatic rings. The highest BCUT2D eigenvalue weighted by molar-refractivity contribution is 14.0. The van der Waals surface area contributed by atoms with Crippen molar-refractivity contribution in [2.75, 3.05) is 39.8 Å². The van der Waals surface area contributed by atoms with Crippen LogP contribution in [0.15, 0.2) is 29.3 Å². The average Bonchev–Trinajstić information content (AvgIpc) is 2.73. The van der Waals surface area contributed by atoms with Gasteiger partial charge in [-0.2, -0.15) is 0 Å². The Morgan fingerprint density at radius 1 is 1.27 bits per heavy atom. The summed E-state index contributed by atoms with van der Waals surface area (Å²) in [6, 6.07) is 8.89. The fourth-order valence-electron chi connectivity index (χ4n) is 3.82. The number of guanidine groups is 1. The van der Waals surface area contributed by atoms with Crippen LogP contribution in [0.2, 0.25) is 0 Å². The minimum Gasteiger partial charge on any atom is -0.369 e. The van der Waals surface area contributed by atoms with Gasteiger partial charge >= 0.3 is 0 Å². The van der Waals surface area contributed by atoms with Crippen molar-refractivity contribution >= 4 is 35.8 Å². The second-order valence-corrected chi connectivity index (χ2v) is 8.68. The number of carbonyl (C=O) groups is 1. The van der Waals surface area contributed by atoms with Crippen LogP contribution >= 0.6 is 24.0 Å². The summed E-state index contributed by atoms with van der Waals surface area (Å²) in [6.07, 6.45) is 4.06. The van der Waals surface area contributed by atoms with E-state index in [0.29, 0.717) is 0 Å². The number of halogens is 1. The van der Waals surface area contributed by atoms with Crippen LogP contribution in [0.4, 0.5) is 0 Å². The fraction of sp³-hybridized carbons (Fsp3) is 0.652. The van der Waals surface area contributed by atoms with Crippen LogP contribution in [0.5, 0.6) is 0 Å². The zero-order chi connectivity index (χ0) is 21.3. The molecular weight excluding hydrogens is 489 g/mol. The van der Waals surface area contributed by atoms with E-state index in [-0.39, 0.29) is 41.2 Å². The van der Waals surface area contributed by atoms with Gasteiger partial charge in [0, 0.05) is 32.1 Å². The fourth-order valence-corrected chi connectivity index (χ4v) is 3.82. The highest BCUT2D eigenvalue weighted by Gasteiger charge is 2.23. The molecule has 1 aromatic carbocycles. The molecule has 0 bridgehead atoms. The van der Waals surface area contributed by atoms with Crippen LogP contribution in [-0.4, -0.2) is 56.5 Å². The number of piperidine rings is 1. The highest BCUT2D eigenvalue weighted by Crippen LogP contribution is 2.22. The van der Waals surface area contributed by atoms with Crippen molar-refractivity contribution in [2.45, 2.75) is 51.9 Å². The maximum absolute atomic E-state index is 11.4. The molecule has 1 aromatic rings. The molecule has 0 radical (unpaired) electrons. The lowest BCUT2D eigenvalue weighted by molar-refractivity contribution is -0.123. The zero-order valence-corrected chi connectivity index (χ0v) is 21.4. The van der Waals surface area contributed by atoms with E-state index in [4.69, 9.17) is 5.73 Å². The lowest BCUT2D eigenvalue weighted by Crippen LogP contribution is -2.45. The SMILES string of the molecule is CCc1ccc(C(C)(C)CNC(=NC)NCCCN2CCCC(C(N)=O)C2)cc1.I. The first-order valence-corrected chi connectivity index (χ1v) is 10.9. The van der Waals surface area contributed by atoms with E-state index in [1.165, 1.54) is 11.1 Å². The van der Waals surface area contributed by atoms with Gasteiger partial charge in [0.25, 0.3) is 0 Å². The first-order chi connectivity index (χ1) is 13.9. The molecule has 0 spiro atoms. The first kappa shape index (κ1) is 26.7. The van der Waals surface area contributed by atoms with Crippen molar-refractivity contribution in [1.82, 2.24) is 15.5 Å². The maximum Gasteiger partial charge on any atom is 0.221 e. The van der Waals surface area contributed by atoms with Crippen molar-refractivity contribution in [3.63, 3.8) is 0 Å². The summed E-state index contributed by atoms with van der Waals surface area (Å²) in [5.74, 6) is 0.682. The lowest BCUT2D eigenvalue weighted by Gasteiger charge is -2.31. The van der Waals surface area contributed by atoms with Crippen LogP contribution in [0.1, 0.15) is 51.2 Å². The molecule has 1 fully saturated rings. The molecule has 1 amide bonds. The van der Waals surface area contributed by atoms with Gasteiger partial charge in [0.05, 0.1) is 5.92 Å². The van der Waals surface area contributed by atoms with E-state index in [0.717, 1.165) is 64.4 Å². The van der Waals surface area contributed by atoms with Gasteiger partial charge in [-0.15, -0.1) is 24.0 Å². The number of rotatable bonds is 9. The summed E-state index contributed by atoms with van der Waals surface area (Å²) < 4.78 is 0. The van der Waals surface area contributed by atoms with Crippen molar-refractivity contribution in [3.05, 3.63) is 35.4 Å². The van der Waals surface area contributed by atoms with Gasteiger partial charge in [-0.3, -0.25) is 9.79 Å². The summed E-state index contributed by atoms with van der Waals surface area (Å²) in [5.41, 5.74) is 8.17. The standard InChI is InChI=1S/C23H39N5O.HI/c1-5-18-9-11-20(12-10-18)23(2,3)17-27-22(25-4)26-13-7-15-28-14-6-8-19(16-28)21(24)29;/h9-12,19H,5-8,13-17H2,1-4H3,(H2,24,29)(H2,25,26,27);1H. The van der Waals surface area contributed by atoms with Gasteiger partial charge in [-0.1, -0.05) is 45.0 Å². The van der Waals surface area contributed by atoms with Crippen molar-refractivity contribution in [3.8, 4) is 0 Å². The van der Waals surface area contributed by atoms with Crippen molar-refractivity contribution in [2.24, 2.45) is 16.6 Å². The molecule has 4 N–H and O–H groups in total. The molecule has 0 saturated carbocycles. The first-order valence-electron chi connectivity index (χ1n) is 10.9. The number of nitrogens with two attached hydrogens (primary N) is 1. The summed E-state index contributed by atoms with van der Waals surface area (Å²) in [6.45, 7) is 11.2. The monoisotopic (exact) mass is 529 g/mol. The van der Waals surface area contributed by atoms with Gasteiger partial charge in [-0.25, -0.2) is 0 Å². The van der Waals surface area contributed by atoms with Crippen LogP contribution in [0.25, 0.3) is 0 Å². The maximum atomic E-state index is 11.4. The predicted octanol–water partition coefficient (Wildman–Crippen LogP) is 2.90. The second kappa shape index (κ2) is 13.1. The number of amides is 1. The zero-order valence-electron chi connectivity index (χ0n) is 19.0. The minimum absolute atomic E-state index is 0. The normalized spacial score (nSPS) is 17.9. The molecule has 7 heteroatoms. The Hall–Kier alpha value is -1.35. The number of primary amides is 1. The summed E-state index contributed by atoms with van der Waals surface area (Å²) >= 11 is 0. The van der Waals surface area contributed by atoms with E-state index in [1.54, 1.807) is 7.05 Å². The Morgan fingerprint density at radius 3 is 2.57 bits per heavy atom. The molecule has 0 aromatic heterocycles. The lowest BCUT2D eigenvalue weighted by atomic mass is 9.84. The Morgan fingerprint density at radius 2 is 1.97 bits per heavy atom. The number of carbonyl (C=O) groups excluding carboxylic acids is 1. The number of nitrogens with zero attached hydrogens (tertiary/aromatic N) is 2. The number of nitrogens with one attached hydrogen (secondary N) is 2. The van der Waals surface area contributed by atoms with E-state index in [2.05, 4.69) is 65.6 Å². The van der Waals surface area contributed by atoms with E-state index in [1.807, 2.05) is 0 Å². The Balaban J connectivity index is 0.00000450. The van der Waals surface area contributed by atoms with Gasteiger partial charge in [-0.05, 0) is 49.9 Å². The highest BCUT2D eigenvalue weighted by atomic mass is 127. The third kappa shape index (κ3) is 8.41. The number of likely N-dealkylation sites (tertiary alicyclic amines) is 1. The van der Waals surface area contributed by atoms with E-state index >= 15 is 0 Å². The number of aliphatic imine (C=N–C) groups is 1. The minimum atomic E-state index is -0.163. The third-order valence-electron chi connectivity index (χ3n) is 5.92. The molecule has 1 aliphatic heterocycles. The van der Waals surface area contributed by atoms with Gasteiger partial charge in [0.1, 0.15) is 0 Å². The quantitative estimate of drug-likeness (QED) is 0.199. The van der Waals surface area contributed by atoms with Gasteiger partial charge in [0.15, 0.2) is 5.96 Å². The molecule has 1 heterocycles. The Bertz CT molecular complexity index is 675. The molecular formula is C23H40IN5O. The van der Waals surface area contributed by atoms with Crippen LogP contribution in [0.3, 0.4) is 0 Å². The topological polar surface area (TPSA) is 82.8 Å². The summed E-state index contributed by atoms with van der Waals surface area (Å²) in [7, 11) is 1.81. The average molecular weight is 530 g/mol. The third-order valence-corrected chi connectivity index (χ3v) is 5.92. The molecule has 6 nitrogen and oxygen atoms in total. The number of hydrogen-bond acceptors (Lipinski definition) is 3. The molecule has 2 rings (SSSR count). The molecule has 30 heavy (non-hydrogen) atoms. The van der Waals surface area contributed by atoms with Gasteiger partial charge < -0.3 is 21.3 Å². The molecule has 1 saturated heterocycles. The summed E-state index contributed by atoms with van der Waals surface area (Å²) in [5, 5.41) is 6.87. The van der Waals surface area contributed by atoms with Gasteiger partial charge in [0.2, 0.25) is 5.91 Å². The van der Waals surface area contributed by atoms with Crippen LogP contribution in [0, 0.1) is 5.92 Å². The second-order valence-electron chi connectivity index (χ2n) is 8.68.